The first kappa shape index (κ1) is 19.2. The van der Waals surface area contributed by atoms with Crippen molar-refractivity contribution in [3.05, 3.63) is 106 Å². The van der Waals surface area contributed by atoms with Crippen molar-refractivity contribution in [3.8, 4) is 0 Å². The number of alkyl halides is 3. The highest BCUT2D eigenvalue weighted by Gasteiger charge is 2.31. The van der Waals surface area contributed by atoms with Crippen molar-refractivity contribution in [1.82, 2.24) is 0 Å². The van der Waals surface area contributed by atoms with E-state index in [9.17, 15) is 18.0 Å². The highest BCUT2D eigenvalue weighted by Crippen LogP contribution is 2.39. The van der Waals surface area contributed by atoms with E-state index in [0.29, 0.717) is 10.6 Å². The minimum absolute atomic E-state index is 0.410. The summed E-state index contributed by atoms with van der Waals surface area (Å²) in [6, 6.07) is 21.2. The van der Waals surface area contributed by atoms with Gasteiger partial charge in [-0.15, -0.1) is 0 Å². The molecule has 0 heterocycles. The van der Waals surface area contributed by atoms with Crippen LogP contribution in [-0.4, -0.2) is 6.29 Å². The van der Waals surface area contributed by atoms with E-state index in [1.807, 2.05) is 30.3 Å². The molecule has 0 saturated heterocycles. The first-order valence-corrected chi connectivity index (χ1v) is 8.71. The fraction of sp³-hybridized carbons (Fsp3) is 0.136. The van der Waals surface area contributed by atoms with Crippen molar-refractivity contribution in [2.75, 3.05) is 0 Å². The topological polar surface area (TPSA) is 17.1 Å². The Morgan fingerprint density at radius 3 is 1.78 bits per heavy atom. The molecule has 0 aliphatic carbocycles. The standard InChI is InChI=1S/C22H16ClF3O/c23-19-12-8-15(9-13-19)20(14-27)21(16-4-2-1-3-5-16)17-6-10-18(11-7-17)22(24,25)26/h1-14,20-21H. The summed E-state index contributed by atoms with van der Waals surface area (Å²) in [6.45, 7) is 0. The Bertz CT molecular complexity index is 888. The van der Waals surface area contributed by atoms with Crippen molar-refractivity contribution in [1.29, 1.82) is 0 Å². The third kappa shape index (κ3) is 4.40. The molecule has 3 rings (SSSR count). The van der Waals surface area contributed by atoms with E-state index in [2.05, 4.69) is 0 Å². The molecule has 27 heavy (non-hydrogen) atoms. The SMILES string of the molecule is O=CC(c1ccc(Cl)cc1)C(c1ccccc1)c1ccc(C(F)(F)F)cc1. The van der Waals surface area contributed by atoms with Crippen molar-refractivity contribution >= 4 is 17.9 Å². The number of benzene rings is 3. The lowest BCUT2D eigenvalue weighted by molar-refractivity contribution is -0.137. The number of halogens is 4. The van der Waals surface area contributed by atoms with Crippen LogP contribution in [0.15, 0.2) is 78.9 Å². The second-order valence-corrected chi connectivity index (χ2v) is 6.66. The number of aldehydes is 1. The zero-order chi connectivity index (χ0) is 19.4. The lowest BCUT2D eigenvalue weighted by Crippen LogP contribution is -2.15. The van der Waals surface area contributed by atoms with Gasteiger partial charge < -0.3 is 4.79 Å². The normalized spacial score (nSPS) is 13.8. The molecule has 0 bridgehead atoms. The van der Waals surface area contributed by atoms with Gasteiger partial charge in [-0.3, -0.25) is 0 Å². The van der Waals surface area contributed by atoms with Gasteiger partial charge in [0.2, 0.25) is 0 Å². The van der Waals surface area contributed by atoms with E-state index in [1.54, 1.807) is 24.3 Å². The molecule has 0 amide bonds. The van der Waals surface area contributed by atoms with Gasteiger partial charge in [0.05, 0.1) is 11.5 Å². The minimum Gasteiger partial charge on any atom is -0.303 e. The van der Waals surface area contributed by atoms with E-state index < -0.39 is 23.6 Å². The van der Waals surface area contributed by atoms with Crippen molar-refractivity contribution in [3.63, 3.8) is 0 Å². The Balaban J connectivity index is 2.08. The molecule has 3 aromatic carbocycles. The second-order valence-electron chi connectivity index (χ2n) is 6.22. The predicted octanol–water partition coefficient (Wildman–Crippen LogP) is 6.47. The van der Waals surface area contributed by atoms with Gasteiger partial charge in [0.15, 0.2) is 0 Å². The monoisotopic (exact) mass is 388 g/mol. The molecule has 0 aliphatic heterocycles. The van der Waals surface area contributed by atoms with E-state index >= 15 is 0 Å². The number of carbonyl (C=O) groups is 1. The molecule has 0 radical (unpaired) electrons. The highest BCUT2D eigenvalue weighted by molar-refractivity contribution is 6.30. The van der Waals surface area contributed by atoms with Crippen LogP contribution >= 0.6 is 11.6 Å². The smallest absolute Gasteiger partial charge is 0.303 e. The van der Waals surface area contributed by atoms with Crippen LogP contribution in [-0.2, 0) is 11.0 Å². The fourth-order valence-corrected chi connectivity index (χ4v) is 3.31. The maximum absolute atomic E-state index is 12.9. The Morgan fingerprint density at radius 1 is 0.741 bits per heavy atom. The van der Waals surface area contributed by atoms with Crippen molar-refractivity contribution in [2.45, 2.75) is 18.0 Å². The molecule has 0 aromatic heterocycles. The van der Waals surface area contributed by atoms with Gasteiger partial charge in [-0.2, -0.15) is 13.2 Å². The number of hydrogen-bond donors (Lipinski definition) is 0. The predicted molar refractivity (Wildman–Crippen MR) is 100.0 cm³/mol. The molecule has 1 nitrogen and oxygen atoms in total. The average Bonchev–Trinajstić information content (AvgIpc) is 2.67. The molecular formula is C22H16ClF3O. The minimum atomic E-state index is -4.40. The maximum atomic E-state index is 12.9. The van der Waals surface area contributed by atoms with Crippen LogP contribution in [0.2, 0.25) is 5.02 Å². The Hall–Kier alpha value is -2.59. The van der Waals surface area contributed by atoms with Crippen LogP contribution < -0.4 is 0 Å². The molecule has 0 saturated carbocycles. The largest absolute Gasteiger partial charge is 0.416 e. The van der Waals surface area contributed by atoms with Crippen molar-refractivity contribution < 1.29 is 18.0 Å². The molecule has 5 heteroatoms. The lowest BCUT2D eigenvalue weighted by atomic mass is 9.78. The Morgan fingerprint density at radius 2 is 1.26 bits per heavy atom. The summed E-state index contributed by atoms with van der Waals surface area (Å²) < 4.78 is 38.7. The first-order chi connectivity index (χ1) is 12.9. The third-order valence-corrected chi connectivity index (χ3v) is 4.77. The van der Waals surface area contributed by atoms with Crippen molar-refractivity contribution in [2.24, 2.45) is 0 Å². The molecule has 138 valence electrons. The van der Waals surface area contributed by atoms with E-state index in [-0.39, 0.29) is 0 Å². The van der Waals surface area contributed by atoms with E-state index in [0.717, 1.165) is 29.5 Å². The zero-order valence-corrected chi connectivity index (χ0v) is 14.9. The summed E-state index contributed by atoms with van der Waals surface area (Å²) in [5.74, 6) is -0.964. The Kier molecular flexibility index (Phi) is 5.66. The van der Waals surface area contributed by atoms with Gasteiger partial charge in [-0.1, -0.05) is 66.2 Å². The molecule has 0 N–H and O–H groups in total. The summed E-state index contributed by atoms with van der Waals surface area (Å²) in [6.07, 6.45) is -3.57. The van der Waals surface area contributed by atoms with Gasteiger partial charge in [-0.05, 0) is 41.0 Å². The van der Waals surface area contributed by atoms with Gasteiger partial charge in [-0.25, -0.2) is 0 Å². The van der Waals surface area contributed by atoms with E-state index in [1.165, 1.54) is 12.1 Å². The maximum Gasteiger partial charge on any atom is 0.416 e. The summed E-state index contributed by atoms with van der Waals surface area (Å²) >= 11 is 5.94. The quantitative estimate of drug-likeness (QED) is 0.457. The molecule has 3 aromatic rings. The first-order valence-electron chi connectivity index (χ1n) is 8.33. The van der Waals surface area contributed by atoms with Gasteiger partial charge in [0, 0.05) is 10.9 Å². The van der Waals surface area contributed by atoms with Crippen LogP contribution in [0.1, 0.15) is 34.1 Å². The van der Waals surface area contributed by atoms with Crippen LogP contribution in [0.3, 0.4) is 0 Å². The number of hydrogen-bond acceptors (Lipinski definition) is 1. The molecule has 2 atom stereocenters. The summed E-state index contributed by atoms with van der Waals surface area (Å²) in [4.78, 5) is 12.0. The molecule has 2 unspecified atom stereocenters. The lowest BCUT2D eigenvalue weighted by Gasteiger charge is -2.25. The van der Waals surface area contributed by atoms with Crippen LogP contribution in [0.25, 0.3) is 0 Å². The van der Waals surface area contributed by atoms with Gasteiger partial charge in [0.25, 0.3) is 0 Å². The second kappa shape index (κ2) is 7.97. The summed E-state index contributed by atoms with van der Waals surface area (Å²) in [5, 5.41) is 0.550. The molecule has 0 aliphatic rings. The average molecular weight is 389 g/mol. The van der Waals surface area contributed by atoms with Gasteiger partial charge in [0.1, 0.15) is 6.29 Å². The zero-order valence-electron chi connectivity index (χ0n) is 14.2. The van der Waals surface area contributed by atoms with Crippen LogP contribution in [0.5, 0.6) is 0 Å². The number of carbonyl (C=O) groups excluding carboxylic acids is 1. The third-order valence-electron chi connectivity index (χ3n) is 4.52. The molecule has 0 spiro atoms. The van der Waals surface area contributed by atoms with Crippen LogP contribution in [0, 0.1) is 0 Å². The summed E-state index contributed by atoms with van der Waals surface area (Å²) in [5.41, 5.74) is 1.53. The number of rotatable bonds is 5. The van der Waals surface area contributed by atoms with Crippen LogP contribution in [0.4, 0.5) is 13.2 Å². The molecular weight excluding hydrogens is 373 g/mol. The highest BCUT2D eigenvalue weighted by atomic mass is 35.5. The fourth-order valence-electron chi connectivity index (χ4n) is 3.18. The van der Waals surface area contributed by atoms with E-state index in [4.69, 9.17) is 11.6 Å². The Labute approximate surface area is 160 Å². The molecule has 0 fully saturated rings. The summed E-state index contributed by atoms with van der Waals surface area (Å²) in [7, 11) is 0. The van der Waals surface area contributed by atoms with Gasteiger partial charge >= 0.3 is 6.18 Å².